The van der Waals surface area contributed by atoms with Gasteiger partial charge in [0.2, 0.25) is 11.8 Å². The highest BCUT2D eigenvalue weighted by Gasteiger charge is 2.08. The molecule has 3 aromatic rings. The normalized spacial score (nSPS) is 10.8. The van der Waals surface area contributed by atoms with E-state index in [4.69, 9.17) is 4.42 Å². The summed E-state index contributed by atoms with van der Waals surface area (Å²) >= 11 is 0. The number of aryl methyl sites for hydroxylation is 1. The van der Waals surface area contributed by atoms with Crippen LogP contribution in [0.2, 0.25) is 0 Å². The highest BCUT2D eigenvalue weighted by Crippen LogP contribution is 2.19. The molecule has 1 heterocycles. The van der Waals surface area contributed by atoms with E-state index in [9.17, 15) is 4.79 Å². The molecule has 7 nitrogen and oxygen atoms in total. The highest BCUT2D eigenvalue weighted by atomic mass is 127. The fourth-order valence-corrected chi connectivity index (χ4v) is 2.73. The largest absolute Gasteiger partial charge is 0.444 e. The molecule has 0 radical (unpaired) electrons. The molecule has 0 atom stereocenters. The van der Waals surface area contributed by atoms with Gasteiger partial charge in [-0.25, -0.2) is 9.98 Å². The van der Waals surface area contributed by atoms with Gasteiger partial charge in [0.15, 0.2) is 5.96 Å². The van der Waals surface area contributed by atoms with Crippen molar-refractivity contribution in [1.82, 2.24) is 20.9 Å². The first-order valence-corrected chi connectivity index (χ1v) is 9.98. The third-order valence-corrected chi connectivity index (χ3v) is 4.34. The van der Waals surface area contributed by atoms with Crippen molar-refractivity contribution in [3.05, 3.63) is 77.7 Å². The number of nitrogens with one attached hydrogen (secondary N) is 3. The minimum absolute atomic E-state index is 0. The van der Waals surface area contributed by atoms with Gasteiger partial charge in [-0.2, -0.15) is 0 Å². The molecule has 1 amide bonds. The summed E-state index contributed by atoms with van der Waals surface area (Å²) in [4.78, 5) is 21.1. The number of benzene rings is 2. The number of rotatable bonds is 8. The number of hydrogen-bond acceptors (Lipinski definition) is 4. The van der Waals surface area contributed by atoms with Crippen LogP contribution in [0.4, 0.5) is 0 Å². The van der Waals surface area contributed by atoms with Crippen LogP contribution in [0, 0.1) is 6.92 Å². The summed E-state index contributed by atoms with van der Waals surface area (Å²) in [6, 6.07) is 17.8. The predicted molar refractivity (Wildman–Crippen MR) is 133 cm³/mol. The molecule has 3 N–H and O–H groups in total. The fraction of sp³-hybridized carbons (Fsp3) is 0.261. The minimum atomic E-state index is -0.104. The van der Waals surface area contributed by atoms with Gasteiger partial charge in [-0.15, -0.1) is 24.0 Å². The number of carbonyl (C=O) groups excluding carboxylic acids is 1. The average molecular weight is 533 g/mol. The van der Waals surface area contributed by atoms with E-state index in [-0.39, 0.29) is 36.4 Å². The molecule has 0 aliphatic rings. The van der Waals surface area contributed by atoms with Crippen LogP contribution in [-0.2, 0) is 17.9 Å². The number of amides is 1. The maximum Gasteiger partial charge on any atom is 0.239 e. The third-order valence-electron chi connectivity index (χ3n) is 4.34. The summed E-state index contributed by atoms with van der Waals surface area (Å²) in [6.45, 7) is 5.66. The Morgan fingerprint density at radius 1 is 1.03 bits per heavy atom. The van der Waals surface area contributed by atoms with Crippen molar-refractivity contribution in [3.63, 3.8) is 0 Å². The first kappa shape index (κ1) is 24.4. The van der Waals surface area contributed by atoms with Crippen LogP contribution in [0.15, 0.2) is 70.3 Å². The molecule has 8 heteroatoms. The lowest BCUT2D eigenvalue weighted by molar-refractivity contribution is -0.120. The predicted octanol–water partition coefficient (Wildman–Crippen LogP) is 3.64. The van der Waals surface area contributed by atoms with Gasteiger partial charge in [-0.1, -0.05) is 48.0 Å². The number of nitrogens with zero attached hydrogens (tertiary/aromatic N) is 2. The standard InChI is InChI=1S/C23H27N5O2.HI/c1-3-24-23(27-15-21(29)25-13-18-7-5-4-6-8-18)26-14-20-16-30-22(28-20)19-11-9-17(2)10-12-19;/h4-12,16H,3,13-15H2,1-2H3,(H,25,29)(H2,24,26,27);1H. The van der Waals surface area contributed by atoms with Crippen molar-refractivity contribution >= 4 is 35.8 Å². The number of guanidine groups is 1. The zero-order valence-electron chi connectivity index (χ0n) is 17.7. The lowest BCUT2D eigenvalue weighted by atomic mass is 10.1. The summed E-state index contributed by atoms with van der Waals surface area (Å²) in [5.74, 6) is 1.01. The molecule has 0 aliphatic carbocycles. The Bertz CT molecular complexity index is 971. The molecule has 0 fully saturated rings. The Labute approximate surface area is 199 Å². The van der Waals surface area contributed by atoms with Crippen molar-refractivity contribution in [2.24, 2.45) is 4.99 Å². The van der Waals surface area contributed by atoms with Crippen LogP contribution in [0.5, 0.6) is 0 Å². The number of aliphatic imine (C=N–C) groups is 1. The molecule has 0 aliphatic heterocycles. The Morgan fingerprint density at radius 3 is 2.48 bits per heavy atom. The summed E-state index contributed by atoms with van der Waals surface area (Å²) in [6.07, 6.45) is 1.61. The van der Waals surface area contributed by atoms with Gasteiger partial charge in [0.1, 0.15) is 12.0 Å². The molecule has 3 rings (SSSR count). The number of aromatic nitrogens is 1. The molecule has 0 saturated carbocycles. The summed E-state index contributed by atoms with van der Waals surface area (Å²) in [5.41, 5.74) is 3.89. The van der Waals surface area contributed by atoms with Gasteiger partial charge in [-0.3, -0.25) is 4.79 Å². The van der Waals surface area contributed by atoms with E-state index >= 15 is 0 Å². The lowest BCUT2D eigenvalue weighted by Gasteiger charge is -2.11. The molecule has 1 aromatic heterocycles. The molecular weight excluding hydrogens is 505 g/mol. The number of halogens is 1. The Morgan fingerprint density at radius 2 is 1.77 bits per heavy atom. The minimum Gasteiger partial charge on any atom is -0.444 e. The van der Waals surface area contributed by atoms with Gasteiger partial charge >= 0.3 is 0 Å². The maximum atomic E-state index is 12.1. The monoisotopic (exact) mass is 533 g/mol. The van der Waals surface area contributed by atoms with Crippen LogP contribution in [-0.4, -0.2) is 29.9 Å². The molecule has 0 bridgehead atoms. The van der Waals surface area contributed by atoms with E-state index in [1.165, 1.54) is 5.56 Å². The van der Waals surface area contributed by atoms with Crippen molar-refractivity contribution in [2.75, 3.05) is 13.1 Å². The van der Waals surface area contributed by atoms with Gasteiger partial charge in [0.05, 0.1) is 13.1 Å². The first-order valence-electron chi connectivity index (χ1n) is 9.98. The first-order chi connectivity index (χ1) is 14.6. The zero-order valence-corrected chi connectivity index (χ0v) is 20.1. The van der Waals surface area contributed by atoms with E-state index in [0.717, 1.165) is 16.8 Å². The fourth-order valence-electron chi connectivity index (χ4n) is 2.73. The molecule has 164 valence electrons. The number of hydrogen-bond donors (Lipinski definition) is 3. The van der Waals surface area contributed by atoms with E-state index < -0.39 is 0 Å². The molecule has 0 unspecified atom stereocenters. The summed E-state index contributed by atoms with van der Waals surface area (Å²) in [7, 11) is 0. The van der Waals surface area contributed by atoms with Gasteiger partial charge in [-0.05, 0) is 31.5 Å². The van der Waals surface area contributed by atoms with Crippen LogP contribution in [0.3, 0.4) is 0 Å². The van der Waals surface area contributed by atoms with Crippen molar-refractivity contribution < 1.29 is 9.21 Å². The third kappa shape index (κ3) is 8.05. The van der Waals surface area contributed by atoms with Crippen LogP contribution < -0.4 is 16.0 Å². The van der Waals surface area contributed by atoms with Crippen molar-refractivity contribution in [3.8, 4) is 11.5 Å². The Balaban J connectivity index is 0.00000341. The molecule has 31 heavy (non-hydrogen) atoms. The highest BCUT2D eigenvalue weighted by molar-refractivity contribution is 14.0. The van der Waals surface area contributed by atoms with E-state index in [1.807, 2.05) is 68.4 Å². The maximum absolute atomic E-state index is 12.1. The van der Waals surface area contributed by atoms with E-state index in [2.05, 4.69) is 25.9 Å². The van der Waals surface area contributed by atoms with Crippen molar-refractivity contribution in [2.45, 2.75) is 26.9 Å². The van der Waals surface area contributed by atoms with Crippen molar-refractivity contribution in [1.29, 1.82) is 0 Å². The average Bonchev–Trinajstić information content (AvgIpc) is 3.24. The van der Waals surface area contributed by atoms with E-state index in [0.29, 0.717) is 31.5 Å². The summed E-state index contributed by atoms with van der Waals surface area (Å²) < 4.78 is 5.57. The molecule has 0 saturated heterocycles. The van der Waals surface area contributed by atoms with E-state index in [1.54, 1.807) is 6.26 Å². The van der Waals surface area contributed by atoms with Crippen LogP contribution in [0.25, 0.3) is 11.5 Å². The van der Waals surface area contributed by atoms with Crippen LogP contribution >= 0.6 is 24.0 Å². The lowest BCUT2D eigenvalue weighted by Crippen LogP contribution is -2.43. The number of oxazole rings is 1. The van der Waals surface area contributed by atoms with Gasteiger partial charge in [0.25, 0.3) is 0 Å². The Hall–Kier alpha value is -2.88. The Kier molecular flexibility index (Phi) is 10.0. The summed E-state index contributed by atoms with van der Waals surface area (Å²) in [5, 5.41) is 9.05. The SMILES string of the molecule is CCNC(=NCc1coc(-c2ccc(C)cc2)n1)NCC(=O)NCc1ccccc1.I. The smallest absolute Gasteiger partial charge is 0.239 e. The second-order valence-corrected chi connectivity index (χ2v) is 6.82. The van der Waals surface area contributed by atoms with Gasteiger partial charge < -0.3 is 20.4 Å². The quantitative estimate of drug-likeness (QED) is 0.234. The van der Waals surface area contributed by atoms with Gasteiger partial charge in [0, 0.05) is 18.7 Å². The zero-order chi connectivity index (χ0) is 21.2. The molecule has 0 spiro atoms. The number of carbonyl (C=O) groups is 1. The second kappa shape index (κ2) is 12.7. The molecule has 2 aromatic carbocycles. The molecular formula is C23H28IN5O2. The topological polar surface area (TPSA) is 91.6 Å². The van der Waals surface area contributed by atoms with Crippen LogP contribution in [0.1, 0.15) is 23.7 Å². The second-order valence-electron chi connectivity index (χ2n) is 6.82.